The van der Waals surface area contributed by atoms with E-state index in [1.54, 1.807) is 17.8 Å². The minimum Gasteiger partial charge on any atom is -0.491 e. The van der Waals surface area contributed by atoms with Gasteiger partial charge in [-0.15, -0.1) is 78.2 Å². The number of benzene rings is 12. The average Bonchev–Trinajstić information content (AvgIpc) is 1.33. The second-order valence-electron chi connectivity index (χ2n) is 27.2. The predicted molar refractivity (Wildman–Crippen MR) is 468 cm³/mol. The number of rotatable bonds is 9. The van der Waals surface area contributed by atoms with Gasteiger partial charge in [0.2, 0.25) is 0 Å². The minimum absolute atomic E-state index is 0. The number of anilines is 16. The molecule has 4 aliphatic rings. The predicted octanol–water partition coefficient (Wildman–Crippen LogP) is 27.1. The Morgan fingerprint density at radius 1 is 0.325 bits per heavy atom. The molecule has 23 rings (SSSR count). The third-order valence-corrected chi connectivity index (χ3v) is 22.7. The van der Waals surface area contributed by atoms with Crippen molar-refractivity contribution in [2.75, 3.05) is 39.2 Å². The molecule has 12 aromatic carbocycles. The van der Waals surface area contributed by atoms with Gasteiger partial charge in [-0.25, -0.2) is 19.9 Å². The van der Waals surface area contributed by atoms with Crippen molar-refractivity contribution in [2.24, 2.45) is 0 Å². The molecule has 0 unspecified atom stereocenters. The molecule has 0 amide bonds. The number of halogens is 3. The largest absolute Gasteiger partial charge is 0.491 e. The van der Waals surface area contributed by atoms with Crippen LogP contribution in [-0.4, -0.2) is 19.9 Å². The fraction of sp³-hybridized carbons (Fsp3) is 0.0204. The van der Waals surface area contributed by atoms with Crippen LogP contribution in [-0.2, 0) is 86.6 Å². The van der Waals surface area contributed by atoms with Gasteiger partial charge in [0.15, 0.2) is 5.58 Å². The van der Waals surface area contributed by atoms with Crippen LogP contribution in [0.1, 0.15) is 13.0 Å². The average molecular weight is 2320 g/mol. The number of fused-ring (bicyclic) bond motifs is 15. The Bertz CT molecular complexity index is 6560. The zero-order chi connectivity index (χ0) is 76.9. The standard InChI is InChI=1S/C25H16F3N3.C24H15N3O.2C24H15N3S.CH4.4Ir/c26-25(27,28)19-10-7-13-21(16-19)31-17-30(20-11-5-2-6-12-20)23-22(14-15-29-24(23)31)18-8-3-1-4-9-18;1-2-8-17(9-3-1)26-16-27(21-13-7-15-25-24(21)26)20-12-6-11-19-18-10-4-5-14-22(18)28-23(19)20;2*1-3-9-17(10-4-1)26-16-27(18-11-5-2-6-12-18)24-22(26)23-20(15-25-24)19-13-7-8-14-21(19)28-23;;;;;/h1-12,14-17H;1-8,10-16H;1-9,11-16H;1-11,13-16H;1H4;;;;/q4*-2;;;;;. The number of furan rings is 1. The molecule has 0 atom stereocenters. The van der Waals surface area contributed by atoms with Crippen molar-refractivity contribution in [3.8, 4) is 11.1 Å². The number of para-hydroxylation sites is 8. The Labute approximate surface area is 754 Å². The summed E-state index contributed by atoms with van der Waals surface area (Å²) in [4.78, 5) is 35.4. The van der Waals surface area contributed by atoms with Crippen LogP contribution >= 0.6 is 22.7 Å². The first kappa shape index (κ1) is 83.3. The van der Waals surface area contributed by atoms with Crippen LogP contribution in [0.2, 0.25) is 0 Å². The van der Waals surface area contributed by atoms with Gasteiger partial charge in [-0.05, 0) is 84.4 Å². The van der Waals surface area contributed by atoms with Crippen molar-refractivity contribution < 1.29 is 98.0 Å². The number of pyridine rings is 4. The number of aromatic nitrogens is 4. The molecule has 0 bridgehead atoms. The summed E-state index contributed by atoms with van der Waals surface area (Å²) >= 11 is 3.64. The molecule has 0 saturated carbocycles. The molecular formula is C98H65F3Ir4N12OS2-8. The van der Waals surface area contributed by atoms with E-state index in [1.807, 2.05) is 217 Å². The van der Waals surface area contributed by atoms with Crippen molar-refractivity contribution in [1.82, 2.24) is 19.9 Å². The summed E-state index contributed by atoms with van der Waals surface area (Å²) in [7, 11) is 0. The molecule has 11 heterocycles. The van der Waals surface area contributed by atoms with Crippen molar-refractivity contribution in [3.05, 3.63) is 403 Å². The van der Waals surface area contributed by atoms with Crippen molar-refractivity contribution >= 4 is 176 Å². The topological polar surface area (TPSA) is 90.6 Å². The van der Waals surface area contributed by atoms with Gasteiger partial charge in [0.05, 0.1) is 37.8 Å². The van der Waals surface area contributed by atoms with Gasteiger partial charge in [-0.3, -0.25) is 0 Å². The van der Waals surface area contributed by atoms with E-state index < -0.39 is 11.7 Å². The number of thiophene rings is 2. The van der Waals surface area contributed by atoms with Crippen molar-refractivity contribution in [2.45, 2.75) is 13.6 Å². The van der Waals surface area contributed by atoms with Gasteiger partial charge in [-0.1, -0.05) is 165 Å². The van der Waals surface area contributed by atoms with Crippen molar-refractivity contribution in [1.29, 1.82) is 0 Å². The normalized spacial score (nSPS) is 12.9. The van der Waals surface area contributed by atoms with Gasteiger partial charge < -0.3 is 43.6 Å². The Hall–Kier alpha value is -11.7. The molecule has 120 heavy (non-hydrogen) atoms. The number of hydrogen-bond donors (Lipinski definition) is 0. The van der Waals surface area contributed by atoms with Crippen LogP contribution in [0.3, 0.4) is 0 Å². The van der Waals surface area contributed by atoms with E-state index in [4.69, 9.17) is 14.4 Å². The Kier molecular flexibility index (Phi) is 25.0. The van der Waals surface area contributed by atoms with E-state index >= 15 is 0 Å². The van der Waals surface area contributed by atoms with E-state index in [0.717, 1.165) is 125 Å². The molecular weight excluding hydrogens is 2250 g/mol. The van der Waals surface area contributed by atoms with Gasteiger partial charge in [0, 0.05) is 170 Å². The first-order chi connectivity index (χ1) is 56.7. The number of hydrogen-bond acceptors (Lipinski definition) is 15. The summed E-state index contributed by atoms with van der Waals surface area (Å²) in [5.41, 5.74) is 14.3. The quantitative estimate of drug-likeness (QED) is 0.129. The van der Waals surface area contributed by atoms with Gasteiger partial charge in [0.25, 0.3) is 0 Å². The van der Waals surface area contributed by atoms with Crippen LogP contribution < -0.4 is 39.2 Å². The molecule has 7 aromatic heterocycles. The van der Waals surface area contributed by atoms with Crippen LogP contribution in [0, 0.1) is 50.9 Å². The van der Waals surface area contributed by atoms with Crippen molar-refractivity contribution in [3.63, 3.8) is 0 Å². The van der Waals surface area contributed by atoms with E-state index in [2.05, 4.69) is 216 Å². The Morgan fingerprint density at radius 2 is 0.758 bits per heavy atom. The molecule has 0 aliphatic carbocycles. The zero-order valence-electron chi connectivity index (χ0n) is 62.3. The second kappa shape index (κ2) is 36.1. The molecule has 22 heteroatoms. The second-order valence-corrected chi connectivity index (χ2v) is 29.3. The molecule has 19 aromatic rings. The van der Waals surface area contributed by atoms with Crippen LogP contribution in [0.15, 0.2) is 351 Å². The maximum absolute atomic E-state index is 13.3. The van der Waals surface area contributed by atoms with E-state index in [0.29, 0.717) is 5.82 Å². The molecule has 0 saturated heterocycles. The maximum Gasteiger partial charge on any atom is 0.394 e. The van der Waals surface area contributed by atoms with Crippen LogP contribution in [0.5, 0.6) is 0 Å². The first-order valence-electron chi connectivity index (χ1n) is 37.1. The molecule has 0 spiro atoms. The van der Waals surface area contributed by atoms with Gasteiger partial charge in [0.1, 0.15) is 28.9 Å². The molecule has 13 nitrogen and oxygen atoms in total. The fourth-order valence-corrected chi connectivity index (χ4v) is 17.5. The molecule has 0 fully saturated rings. The van der Waals surface area contributed by atoms with E-state index in [-0.39, 0.29) is 93.5 Å². The minimum atomic E-state index is -4.44. The zero-order valence-corrected chi connectivity index (χ0v) is 73.5. The maximum atomic E-state index is 13.3. The van der Waals surface area contributed by atoms with Gasteiger partial charge >= 0.3 is 6.18 Å². The fourth-order valence-electron chi connectivity index (χ4n) is 15.0. The summed E-state index contributed by atoms with van der Waals surface area (Å²) in [6.45, 7) is 8.03. The number of alkyl halides is 3. The SMILES string of the molecule is C.FC(F)(F)c1cc[c-]c(N2[CH-]N(c3ccccc3)c3c(-c4ccccc4)ccnc32)c1.[Ir].[Ir].[Ir].[Ir].[c-]1ccccc1N1[CH-]N(c2cccc3c2oc2ccccc23)c2cccnc21.[c-]1ccccc1N1[CH-]N(c2ccccc2)c2c1ncc1c2sc2ccccc21.[c-]1ccccc1N1[CH-]N(c2ccccc2)c2ncc3c(sc4ccccc43)c21. The molecule has 4 radical (unpaired) electrons. The first-order valence-corrected chi connectivity index (χ1v) is 38.7. The Balaban J connectivity index is 0.000000123. The molecule has 600 valence electrons. The third-order valence-electron chi connectivity index (χ3n) is 20.3. The van der Waals surface area contributed by atoms with E-state index in [1.165, 1.54) is 46.4 Å². The summed E-state index contributed by atoms with van der Waals surface area (Å²) in [6.07, 6.45) is 3.06. The number of nitrogens with zero attached hydrogens (tertiary/aromatic N) is 12. The van der Waals surface area contributed by atoms with E-state index in [9.17, 15) is 13.2 Å². The monoisotopic (exact) mass is 2320 g/mol. The summed E-state index contributed by atoms with van der Waals surface area (Å²) < 4.78 is 51.2. The Morgan fingerprint density at radius 3 is 1.33 bits per heavy atom. The smallest absolute Gasteiger partial charge is 0.394 e. The van der Waals surface area contributed by atoms with Crippen LogP contribution in [0.4, 0.5) is 105 Å². The third kappa shape index (κ3) is 15.7. The summed E-state index contributed by atoms with van der Waals surface area (Å²) in [6, 6.07) is 118. The molecule has 4 aliphatic heterocycles. The summed E-state index contributed by atoms with van der Waals surface area (Å²) in [5, 5.41) is 7.15. The van der Waals surface area contributed by atoms with Gasteiger partial charge in [-0.2, -0.15) is 122 Å². The molecule has 0 N–H and O–H groups in total. The van der Waals surface area contributed by atoms with Crippen LogP contribution in [0.25, 0.3) is 73.4 Å². The summed E-state index contributed by atoms with van der Waals surface area (Å²) in [5.74, 6) is 3.30.